The van der Waals surface area contributed by atoms with Crippen molar-refractivity contribution in [2.45, 2.75) is 46.0 Å². The molecule has 0 spiro atoms. The van der Waals surface area contributed by atoms with E-state index in [2.05, 4.69) is 35.4 Å². The van der Waals surface area contributed by atoms with Crippen molar-refractivity contribution >= 4 is 6.08 Å². The van der Waals surface area contributed by atoms with Gasteiger partial charge in [-0.05, 0) is 43.9 Å². The smallest absolute Gasteiger partial charge is 0.0373 e. The summed E-state index contributed by atoms with van der Waals surface area (Å²) in [5.74, 6) is 0.772. The maximum atomic E-state index is 4.39. The summed E-state index contributed by atoms with van der Waals surface area (Å²) in [5, 5.41) is 3.49. The monoisotopic (exact) mass is 258 g/mol. The van der Waals surface area contributed by atoms with Crippen LogP contribution >= 0.6 is 0 Å². The quantitative estimate of drug-likeness (QED) is 0.864. The maximum Gasteiger partial charge on any atom is 0.0373 e. The van der Waals surface area contributed by atoms with Crippen molar-refractivity contribution in [1.29, 1.82) is 0 Å². The lowest BCUT2D eigenvalue weighted by molar-refractivity contribution is 0.397. The molecule has 1 fully saturated rings. The van der Waals surface area contributed by atoms with Crippen LogP contribution in [0.1, 0.15) is 50.3 Å². The fraction of sp³-hybridized carbons (Fsp3) is 0.588. The van der Waals surface area contributed by atoms with Gasteiger partial charge in [-0.3, -0.25) is 4.98 Å². The topological polar surface area (TPSA) is 24.9 Å². The minimum absolute atomic E-state index is 0.772. The first-order valence-corrected chi connectivity index (χ1v) is 7.63. The fourth-order valence-electron chi connectivity index (χ4n) is 2.83. The van der Waals surface area contributed by atoms with Crippen LogP contribution in [0.5, 0.6) is 0 Å². The number of rotatable bonds is 5. The van der Waals surface area contributed by atoms with Crippen LogP contribution in [0.15, 0.2) is 23.9 Å². The fourth-order valence-corrected chi connectivity index (χ4v) is 2.83. The summed E-state index contributed by atoms with van der Waals surface area (Å²) in [6.45, 7) is 6.27. The molecule has 1 aliphatic rings. The minimum atomic E-state index is 0.772. The molecular weight excluding hydrogens is 232 g/mol. The maximum absolute atomic E-state index is 4.39. The molecule has 0 atom stereocenters. The van der Waals surface area contributed by atoms with Crippen molar-refractivity contribution in [2.24, 2.45) is 5.92 Å². The van der Waals surface area contributed by atoms with Crippen LogP contribution in [-0.2, 0) is 0 Å². The molecule has 1 aromatic heterocycles. The summed E-state index contributed by atoms with van der Waals surface area (Å²) in [6, 6.07) is 4.27. The molecule has 0 bridgehead atoms. The minimum Gasteiger partial charge on any atom is -0.313 e. The number of aromatic nitrogens is 1. The van der Waals surface area contributed by atoms with E-state index in [1.54, 1.807) is 5.57 Å². The van der Waals surface area contributed by atoms with Crippen LogP contribution in [0.4, 0.5) is 0 Å². The van der Waals surface area contributed by atoms with E-state index in [9.17, 15) is 0 Å². The van der Waals surface area contributed by atoms with Gasteiger partial charge in [0.1, 0.15) is 0 Å². The Morgan fingerprint density at radius 1 is 1.32 bits per heavy atom. The van der Waals surface area contributed by atoms with Crippen molar-refractivity contribution < 1.29 is 0 Å². The summed E-state index contributed by atoms with van der Waals surface area (Å²) >= 11 is 0. The zero-order valence-corrected chi connectivity index (χ0v) is 12.3. The normalized spacial score (nSPS) is 17.7. The second-order valence-electron chi connectivity index (χ2n) is 5.57. The molecule has 1 aliphatic carbocycles. The number of likely N-dealkylation sites (N-methyl/N-ethyl adjacent to an activating group) is 1. The zero-order chi connectivity index (χ0) is 13.5. The third-order valence-electron chi connectivity index (χ3n) is 3.99. The number of pyridine rings is 1. The molecule has 0 aromatic carbocycles. The number of hydrogen-bond donors (Lipinski definition) is 1. The van der Waals surface area contributed by atoms with Crippen LogP contribution in [0.3, 0.4) is 0 Å². The summed E-state index contributed by atoms with van der Waals surface area (Å²) in [5.41, 5.74) is 3.89. The van der Waals surface area contributed by atoms with E-state index in [1.807, 2.05) is 13.1 Å². The standard InChI is InChI=1S/C17H26N2/c1-3-18-13-17(16-7-5-4-6-8-16)11-15-10-9-14(2)19-12-15/h9-12,16,18H,3-8,13H2,1-2H3/b17-11-. The molecule has 2 heteroatoms. The lowest BCUT2D eigenvalue weighted by Gasteiger charge is -2.25. The molecule has 0 saturated heterocycles. The molecule has 2 rings (SSSR count). The lowest BCUT2D eigenvalue weighted by Crippen LogP contribution is -2.22. The van der Waals surface area contributed by atoms with E-state index in [1.165, 1.54) is 37.7 Å². The van der Waals surface area contributed by atoms with Gasteiger partial charge in [0, 0.05) is 18.4 Å². The Labute approximate surface area is 117 Å². The number of nitrogens with one attached hydrogen (secondary N) is 1. The Hall–Kier alpha value is -1.15. The Morgan fingerprint density at radius 3 is 2.74 bits per heavy atom. The highest BCUT2D eigenvalue weighted by Crippen LogP contribution is 2.30. The van der Waals surface area contributed by atoms with Crippen LogP contribution < -0.4 is 5.32 Å². The molecule has 0 aliphatic heterocycles. The van der Waals surface area contributed by atoms with Crippen LogP contribution in [-0.4, -0.2) is 18.1 Å². The summed E-state index contributed by atoms with van der Waals surface area (Å²) in [4.78, 5) is 4.39. The van der Waals surface area contributed by atoms with Crippen LogP contribution in [0.2, 0.25) is 0 Å². The Balaban J connectivity index is 2.12. The van der Waals surface area contributed by atoms with Gasteiger partial charge in [0.2, 0.25) is 0 Å². The van der Waals surface area contributed by atoms with Crippen molar-refractivity contribution in [3.05, 3.63) is 35.2 Å². The molecule has 0 unspecified atom stereocenters. The Bertz CT molecular complexity index is 400. The van der Waals surface area contributed by atoms with Gasteiger partial charge in [-0.15, -0.1) is 0 Å². The average molecular weight is 258 g/mol. The summed E-state index contributed by atoms with van der Waals surface area (Å²) < 4.78 is 0. The predicted octanol–water partition coefficient (Wildman–Crippen LogP) is 3.96. The van der Waals surface area contributed by atoms with Crippen molar-refractivity contribution in [3.63, 3.8) is 0 Å². The molecule has 0 radical (unpaired) electrons. The van der Waals surface area contributed by atoms with E-state index >= 15 is 0 Å². The highest BCUT2D eigenvalue weighted by Gasteiger charge is 2.17. The van der Waals surface area contributed by atoms with E-state index in [0.717, 1.165) is 24.7 Å². The molecule has 1 aromatic rings. The zero-order valence-electron chi connectivity index (χ0n) is 12.3. The molecular formula is C17H26N2. The Morgan fingerprint density at radius 2 is 2.11 bits per heavy atom. The van der Waals surface area contributed by atoms with Gasteiger partial charge < -0.3 is 5.32 Å². The highest BCUT2D eigenvalue weighted by molar-refractivity contribution is 5.53. The molecule has 2 nitrogen and oxygen atoms in total. The molecule has 1 heterocycles. The van der Waals surface area contributed by atoms with Gasteiger partial charge in [-0.2, -0.15) is 0 Å². The lowest BCUT2D eigenvalue weighted by atomic mass is 9.83. The first kappa shape index (κ1) is 14.3. The summed E-state index contributed by atoms with van der Waals surface area (Å²) in [6.07, 6.45) is 11.2. The molecule has 0 amide bonds. The van der Waals surface area contributed by atoms with Gasteiger partial charge in [0.05, 0.1) is 0 Å². The van der Waals surface area contributed by atoms with Crippen LogP contribution in [0.25, 0.3) is 6.08 Å². The molecule has 1 N–H and O–H groups in total. The van der Waals surface area contributed by atoms with Gasteiger partial charge in [0.15, 0.2) is 0 Å². The van der Waals surface area contributed by atoms with Crippen molar-refractivity contribution in [1.82, 2.24) is 10.3 Å². The highest BCUT2D eigenvalue weighted by atomic mass is 14.8. The summed E-state index contributed by atoms with van der Waals surface area (Å²) in [7, 11) is 0. The Kier molecular flexibility index (Phi) is 5.59. The van der Waals surface area contributed by atoms with E-state index in [4.69, 9.17) is 0 Å². The van der Waals surface area contributed by atoms with Crippen molar-refractivity contribution in [2.75, 3.05) is 13.1 Å². The number of aryl methyl sites for hydroxylation is 1. The van der Waals surface area contributed by atoms with Gasteiger partial charge in [-0.25, -0.2) is 0 Å². The van der Waals surface area contributed by atoms with Gasteiger partial charge in [0.25, 0.3) is 0 Å². The third kappa shape index (κ3) is 4.46. The van der Waals surface area contributed by atoms with E-state index in [0.29, 0.717) is 0 Å². The number of hydrogen-bond acceptors (Lipinski definition) is 2. The SMILES string of the molecule is CCNC/C(=C/c1ccc(C)nc1)C1CCCCC1. The van der Waals surface area contributed by atoms with Crippen LogP contribution in [0, 0.1) is 12.8 Å². The average Bonchev–Trinajstić information content (AvgIpc) is 2.46. The predicted molar refractivity (Wildman–Crippen MR) is 82.1 cm³/mol. The molecule has 19 heavy (non-hydrogen) atoms. The second kappa shape index (κ2) is 7.44. The second-order valence-corrected chi connectivity index (χ2v) is 5.57. The number of nitrogens with zero attached hydrogens (tertiary/aromatic N) is 1. The van der Waals surface area contributed by atoms with E-state index in [-0.39, 0.29) is 0 Å². The van der Waals surface area contributed by atoms with Gasteiger partial charge >= 0.3 is 0 Å². The molecule has 1 saturated carbocycles. The molecule has 104 valence electrons. The van der Waals surface area contributed by atoms with Gasteiger partial charge in [-0.1, -0.05) is 43.9 Å². The van der Waals surface area contributed by atoms with Crippen molar-refractivity contribution in [3.8, 4) is 0 Å². The first-order chi connectivity index (χ1) is 9.29. The largest absolute Gasteiger partial charge is 0.313 e. The first-order valence-electron chi connectivity index (χ1n) is 7.63. The van der Waals surface area contributed by atoms with E-state index < -0.39 is 0 Å². The third-order valence-corrected chi connectivity index (χ3v) is 3.99.